The van der Waals surface area contributed by atoms with E-state index in [9.17, 15) is 0 Å². The van der Waals surface area contributed by atoms with Gasteiger partial charge in [0.05, 0.1) is 11.1 Å². The van der Waals surface area contributed by atoms with Gasteiger partial charge in [0.25, 0.3) is 0 Å². The molecule has 0 N–H and O–H groups in total. The van der Waals surface area contributed by atoms with Crippen LogP contribution >= 0.6 is 31.5 Å². The zero-order valence-corrected chi connectivity index (χ0v) is 18.0. The third-order valence-corrected chi connectivity index (χ3v) is 3.63. The summed E-state index contributed by atoms with van der Waals surface area (Å²) in [5, 5.41) is 0. The van der Waals surface area contributed by atoms with Crippen LogP contribution in [0.5, 0.6) is 0 Å². The van der Waals surface area contributed by atoms with Gasteiger partial charge >= 0.3 is 33.3 Å². The molecule has 2 nitrogen and oxygen atoms in total. The Morgan fingerprint density at radius 2 is 1.14 bits per heavy atom. The molecule has 0 aliphatic heterocycles. The van der Waals surface area contributed by atoms with Crippen LogP contribution in [0.25, 0.3) is 0 Å². The number of hydrogen-bond acceptors (Lipinski definition) is 3. The van der Waals surface area contributed by atoms with Crippen LogP contribution in [0.4, 0.5) is 0 Å². The molecule has 1 aromatic rings. The number of hydrogen-bond donors (Lipinski definition) is 0. The Hall–Kier alpha value is 0.139. The van der Waals surface area contributed by atoms with Gasteiger partial charge in [-0.3, -0.25) is 9.98 Å². The summed E-state index contributed by atoms with van der Waals surface area (Å²) in [7, 11) is 9.53. The first-order valence-corrected chi connectivity index (χ1v) is 10.8. The van der Waals surface area contributed by atoms with Gasteiger partial charge in [-0.15, -0.1) is 11.3 Å². The Morgan fingerprint density at radius 1 is 0.864 bits per heavy atom. The Bertz CT molecular complexity index is 478. The third-order valence-electron chi connectivity index (χ3n) is 2.33. The van der Waals surface area contributed by atoms with E-state index in [-0.39, 0.29) is 24.2 Å². The molecule has 1 aromatic heterocycles. The number of aliphatic imine (C=N–C) groups is 2. The average molecular weight is 405 g/mol. The van der Waals surface area contributed by atoms with Gasteiger partial charge in [-0.05, 0) is 67.5 Å². The van der Waals surface area contributed by atoms with Crippen LogP contribution in [0, 0.1) is 0 Å². The molecule has 0 bridgehead atoms. The van der Waals surface area contributed by atoms with Crippen molar-refractivity contribution in [3.05, 3.63) is 21.9 Å². The maximum atomic E-state index is 4.76. The molecular weight excluding hydrogens is 379 g/mol. The molecular formula is C16H26Cl2FeN2S. The third kappa shape index (κ3) is 10.0. The summed E-state index contributed by atoms with van der Waals surface area (Å²) in [5.74, 6) is 0. The molecule has 0 saturated heterocycles. The summed E-state index contributed by atoms with van der Waals surface area (Å²) in [4.78, 5) is 11.9. The summed E-state index contributed by atoms with van der Waals surface area (Å²) in [6.07, 6.45) is 0. The van der Waals surface area contributed by atoms with Crippen molar-refractivity contribution in [3.63, 3.8) is 0 Å². The average Bonchev–Trinajstić information content (AvgIpc) is 2.74. The Labute approximate surface area is 154 Å². The van der Waals surface area contributed by atoms with Crippen molar-refractivity contribution in [3.8, 4) is 0 Å². The fourth-order valence-corrected chi connectivity index (χ4v) is 2.74. The minimum absolute atomic E-state index is 0.0250. The molecule has 0 aliphatic carbocycles. The predicted octanol–water partition coefficient (Wildman–Crippen LogP) is 6.34. The number of rotatable bonds is 2. The molecule has 0 radical (unpaired) electrons. The normalized spacial score (nSPS) is 13.9. The van der Waals surface area contributed by atoms with Crippen LogP contribution in [0.1, 0.15) is 65.1 Å². The Balaban J connectivity index is 0.00000135. The van der Waals surface area contributed by atoms with Gasteiger partial charge in [-0.2, -0.15) is 0 Å². The van der Waals surface area contributed by atoms with E-state index in [1.165, 1.54) is 9.75 Å². The van der Waals surface area contributed by atoms with E-state index in [0.29, 0.717) is 0 Å². The molecule has 22 heavy (non-hydrogen) atoms. The summed E-state index contributed by atoms with van der Waals surface area (Å²) >= 11 is 1.96. The van der Waals surface area contributed by atoms with E-state index in [1.807, 2.05) is 0 Å². The Morgan fingerprint density at radius 3 is 1.36 bits per heavy atom. The van der Waals surface area contributed by atoms with Crippen LogP contribution in [0.3, 0.4) is 0 Å². The predicted molar refractivity (Wildman–Crippen MR) is 100.0 cm³/mol. The Kier molecular flexibility index (Phi) is 9.50. The fraction of sp³-hybridized carbons (Fsp3) is 0.625. The molecule has 6 heteroatoms. The van der Waals surface area contributed by atoms with Crippen LogP contribution in [0.15, 0.2) is 22.1 Å². The molecule has 0 aromatic carbocycles. The van der Waals surface area contributed by atoms with Crippen molar-refractivity contribution in [2.75, 3.05) is 0 Å². The van der Waals surface area contributed by atoms with Crippen LogP contribution in [-0.2, 0) is 13.1 Å². The molecule has 0 fully saturated rings. The van der Waals surface area contributed by atoms with Gasteiger partial charge in [0.1, 0.15) is 0 Å². The zero-order chi connectivity index (χ0) is 17.6. The van der Waals surface area contributed by atoms with Crippen molar-refractivity contribution < 1.29 is 13.1 Å². The van der Waals surface area contributed by atoms with Crippen molar-refractivity contribution in [1.29, 1.82) is 0 Å². The molecule has 0 saturated carbocycles. The topological polar surface area (TPSA) is 24.7 Å². The summed E-state index contributed by atoms with van der Waals surface area (Å²) in [6.45, 7) is 16.9. The summed E-state index contributed by atoms with van der Waals surface area (Å²) < 4.78 is 0. The summed E-state index contributed by atoms with van der Waals surface area (Å²) in [6, 6.07) is 4.29. The molecule has 128 valence electrons. The van der Waals surface area contributed by atoms with Gasteiger partial charge in [0.2, 0.25) is 0 Å². The molecule has 1 rings (SSSR count). The molecule has 1 heterocycles. The van der Waals surface area contributed by atoms with E-state index >= 15 is 0 Å². The van der Waals surface area contributed by atoms with Crippen LogP contribution in [0.2, 0.25) is 0 Å². The second kappa shape index (κ2) is 9.44. The van der Waals surface area contributed by atoms with Gasteiger partial charge in [-0.1, -0.05) is 0 Å². The van der Waals surface area contributed by atoms with Crippen molar-refractivity contribution >= 4 is 43.0 Å². The SMILES string of the molecule is CC(=NC(C)(C)C)c1ccc(C(C)=NC(C)(C)C)s1.[Cl][Fe][Cl]. The van der Waals surface area contributed by atoms with E-state index in [4.69, 9.17) is 30.2 Å². The molecule has 0 unspecified atom stereocenters. The van der Waals surface area contributed by atoms with Gasteiger partial charge in [0.15, 0.2) is 0 Å². The van der Waals surface area contributed by atoms with E-state index in [0.717, 1.165) is 11.4 Å². The van der Waals surface area contributed by atoms with Crippen LogP contribution in [-0.4, -0.2) is 22.5 Å². The van der Waals surface area contributed by atoms with E-state index < -0.39 is 0 Å². The van der Waals surface area contributed by atoms with Gasteiger partial charge < -0.3 is 0 Å². The fourth-order valence-electron chi connectivity index (χ4n) is 1.84. The quantitative estimate of drug-likeness (QED) is 0.405. The monoisotopic (exact) mass is 404 g/mol. The van der Waals surface area contributed by atoms with Gasteiger partial charge in [0, 0.05) is 21.2 Å². The molecule has 0 atom stereocenters. The van der Waals surface area contributed by atoms with E-state index in [2.05, 4.69) is 67.5 Å². The second-order valence-electron chi connectivity index (χ2n) is 6.95. The first kappa shape index (κ1) is 22.1. The van der Waals surface area contributed by atoms with Crippen molar-refractivity contribution in [1.82, 2.24) is 0 Å². The number of nitrogens with zero attached hydrogens (tertiary/aromatic N) is 2. The first-order chi connectivity index (χ1) is 9.89. The van der Waals surface area contributed by atoms with Crippen molar-refractivity contribution in [2.45, 2.75) is 66.5 Å². The van der Waals surface area contributed by atoms with Crippen LogP contribution < -0.4 is 0 Å². The minimum atomic E-state index is -0.0250. The zero-order valence-electron chi connectivity index (χ0n) is 14.6. The standard InChI is InChI=1S/C16H26N2S.2ClH.Fe/c1-11(17-15(3,4)5)13-9-10-14(19-13)12(2)18-16(6,7)8;;;/h9-10H,1-8H3;2*1H;/q;;;+2/p-2. The number of halogens is 2. The summed E-state index contributed by atoms with van der Waals surface area (Å²) in [5.41, 5.74) is 2.16. The maximum absolute atomic E-state index is 4.76. The second-order valence-corrected chi connectivity index (χ2v) is 9.86. The number of thiophene rings is 1. The van der Waals surface area contributed by atoms with Crippen molar-refractivity contribution in [2.24, 2.45) is 9.98 Å². The van der Waals surface area contributed by atoms with Gasteiger partial charge in [-0.25, -0.2) is 0 Å². The molecule has 0 amide bonds. The van der Waals surface area contributed by atoms with E-state index in [1.54, 1.807) is 11.3 Å². The first-order valence-electron chi connectivity index (χ1n) is 6.98. The molecule has 0 aliphatic rings. The molecule has 0 spiro atoms.